The number of nitrogens with zero attached hydrogens (tertiary/aromatic N) is 5. The normalized spacial score (nSPS) is 11.2. The van der Waals surface area contributed by atoms with E-state index in [2.05, 4.69) is 30.9 Å². The highest BCUT2D eigenvalue weighted by Crippen LogP contribution is 2.07. The molecular formula is C11H9N7O. The van der Waals surface area contributed by atoms with Crippen LogP contribution in [0.2, 0.25) is 0 Å². The van der Waals surface area contributed by atoms with Crippen molar-refractivity contribution in [3.8, 4) is 0 Å². The first-order valence-corrected chi connectivity index (χ1v) is 5.47. The van der Waals surface area contributed by atoms with Gasteiger partial charge in [-0.05, 0) is 23.4 Å². The third kappa shape index (κ3) is 2.32. The highest BCUT2D eigenvalue weighted by molar-refractivity contribution is 6.00. The number of hydrogen-bond donors (Lipinski definition) is 2. The fraction of sp³-hybridized carbons (Fsp3) is 0. The molecule has 3 aromatic heterocycles. The van der Waals surface area contributed by atoms with Crippen LogP contribution >= 0.6 is 0 Å². The quantitative estimate of drug-likeness (QED) is 0.663. The fourth-order valence-corrected chi connectivity index (χ4v) is 1.60. The van der Waals surface area contributed by atoms with Gasteiger partial charge in [0.2, 0.25) is 0 Å². The third-order valence-corrected chi connectivity index (χ3v) is 2.43. The van der Waals surface area contributed by atoms with Crippen LogP contribution in [-0.4, -0.2) is 35.9 Å². The minimum Gasteiger partial charge on any atom is -0.300 e. The van der Waals surface area contributed by atoms with Gasteiger partial charge < -0.3 is 4.40 Å². The molecule has 0 aliphatic carbocycles. The lowest BCUT2D eigenvalue weighted by atomic mass is 10.4. The molecule has 2 N–H and O–H groups in total. The summed E-state index contributed by atoms with van der Waals surface area (Å²) in [6.07, 6.45) is 6.61. The third-order valence-electron chi connectivity index (χ3n) is 2.43. The van der Waals surface area contributed by atoms with E-state index in [1.165, 1.54) is 6.08 Å². The second kappa shape index (κ2) is 4.69. The summed E-state index contributed by atoms with van der Waals surface area (Å²) < 4.78 is 1.87. The largest absolute Gasteiger partial charge is 0.300 e. The Hall–Kier alpha value is -3.03. The summed E-state index contributed by atoms with van der Waals surface area (Å²) in [6.45, 7) is 0. The van der Waals surface area contributed by atoms with Crippen LogP contribution in [0.1, 0.15) is 5.69 Å². The Morgan fingerprint density at radius 1 is 1.42 bits per heavy atom. The molecule has 1 amide bonds. The number of aromatic amines is 1. The number of pyridine rings is 1. The minimum atomic E-state index is -0.340. The number of aromatic nitrogens is 6. The van der Waals surface area contributed by atoms with Crippen molar-refractivity contribution in [3.63, 3.8) is 0 Å². The summed E-state index contributed by atoms with van der Waals surface area (Å²) >= 11 is 0. The van der Waals surface area contributed by atoms with E-state index in [9.17, 15) is 4.79 Å². The summed E-state index contributed by atoms with van der Waals surface area (Å²) in [7, 11) is 0. The molecule has 8 nitrogen and oxygen atoms in total. The molecule has 3 rings (SSSR count). The smallest absolute Gasteiger partial charge is 0.270 e. The molecule has 0 atom stereocenters. The van der Waals surface area contributed by atoms with Gasteiger partial charge in [0.1, 0.15) is 5.65 Å². The number of imidazole rings is 1. The van der Waals surface area contributed by atoms with Crippen molar-refractivity contribution in [2.24, 2.45) is 0 Å². The first kappa shape index (κ1) is 11.1. The van der Waals surface area contributed by atoms with Crippen LogP contribution in [0.3, 0.4) is 0 Å². The van der Waals surface area contributed by atoms with Crippen molar-refractivity contribution in [2.75, 3.05) is 5.32 Å². The topological polar surface area (TPSA) is 101 Å². The molecule has 0 saturated heterocycles. The number of rotatable bonds is 3. The van der Waals surface area contributed by atoms with Crippen LogP contribution in [0.5, 0.6) is 0 Å². The Morgan fingerprint density at radius 2 is 2.37 bits per heavy atom. The zero-order chi connectivity index (χ0) is 13.1. The van der Waals surface area contributed by atoms with Gasteiger partial charge in [-0.25, -0.2) is 4.98 Å². The number of hydrogen-bond acceptors (Lipinski definition) is 5. The molecule has 0 aliphatic heterocycles. The highest BCUT2D eigenvalue weighted by Gasteiger charge is 2.02. The van der Waals surface area contributed by atoms with E-state index in [-0.39, 0.29) is 11.9 Å². The molecule has 0 aromatic carbocycles. The molecule has 0 radical (unpaired) electrons. The maximum Gasteiger partial charge on any atom is 0.270 e. The monoisotopic (exact) mass is 255 g/mol. The highest BCUT2D eigenvalue weighted by atomic mass is 16.1. The molecule has 0 fully saturated rings. The Kier molecular flexibility index (Phi) is 2.73. The average Bonchev–Trinajstić information content (AvgIpc) is 3.05. The van der Waals surface area contributed by atoms with Crippen LogP contribution < -0.4 is 5.32 Å². The van der Waals surface area contributed by atoms with E-state index < -0.39 is 0 Å². The maximum absolute atomic E-state index is 11.6. The van der Waals surface area contributed by atoms with Gasteiger partial charge in [0.15, 0.2) is 0 Å². The molecule has 8 heteroatoms. The lowest BCUT2D eigenvalue weighted by Crippen LogP contribution is -2.09. The summed E-state index contributed by atoms with van der Waals surface area (Å²) in [5, 5.41) is 15.3. The molecular weight excluding hydrogens is 246 g/mol. The van der Waals surface area contributed by atoms with Gasteiger partial charge in [0.05, 0.1) is 11.9 Å². The van der Waals surface area contributed by atoms with E-state index in [4.69, 9.17) is 0 Å². The molecule has 0 unspecified atom stereocenters. The summed E-state index contributed by atoms with van der Waals surface area (Å²) in [5.74, 6) is -0.208. The number of carbonyl (C=O) groups is 1. The second-order valence-electron chi connectivity index (χ2n) is 3.67. The van der Waals surface area contributed by atoms with E-state index in [1.807, 2.05) is 28.8 Å². The average molecular weight is 255 g/mol. The summed E-state index contributed by atoms with van der Waals surface area (Å²) in [4.78, 5) is 15.8. The number of H-pyrrole nitrogens is 1. The SMILES string of the molecule is O=C(/C=C/c1cnc2ccccn12)Nc1nn[nH]n1. The zero-order valence-corrected chi connectivity index (χ0v) is 9.69. The number of carbonyl (C=O) groups excluding carboxylic acids is 1. The predicted molar refractivity (Wildman–Crippen MR) is 67.0 cm³/mol. The lowest BCUT2D eigenvalue weighted by Gasteiger charge is -1.95. The van der Waals surface area contributed by atoms with Crippen LogP contribution in [0.25, 0.3) is 11.7 Å². The van der Waals surface area contributed by atoms with Crippen molar-refractivity contribution >= 4 is 23.6 Å². The van der Waals surface area contributed by atoms with Crippen LogP contribution in [0.4, 0.5) is 5.95 Å². The van der Waals surface area contributed by atoms with Crippen molar-refractivity contribution < 1.29 is 4.79 Å². The molecule has 19 heavy (non-hydrogen) atoms. The lowest BCUT2D eigenvalue weighted by molar-refractivity contribution is -0.111. The first-order chi connectivity index (χ1) is 9.33. The number of tetrazole rings is 1. The van der Waals surface area contributed by atoms with E-state index in [1.54, 1.807) is 12.3 Å². The number of nitrogens with one attached hydrogen (secondary N) is 2. The number of fused-ring (bicyclic) bond motifs is 1. The summed E-state index contributed by atoms with van der Waals surface area (Å²) in [5.41, 5.74) is 1.62. The van der Waals surface area contributed by atoms with Crippen LogP contribution in [0, 0.1) is 0 Å². The Morgan fingerprint density at radius 3 is 3.21 bits per heavy atom. The van der Waals surface area contributed by atoms with Crippen LogP contribution in [0.15, 0.2) is 36.7 Å². The first-order valence-electron chi connectivity index (χ1n) is 5.47. The van der Waals surface area contributed by atoms with Gasteiger partial charge in [0.25, 0.3) is 11.9 Å². The molecule has 3 aromatic rings. The summed E-state index contributed by atoms with van der Waals surface area (Å²) in [6, 6.07) is 5.68. The van der Waals surface area contributed by atoms with Gasteiger partial charge in [-0.3, -0.25) is 10.1 Å². The molecule has 0 saturated carbocycles. The Labute approximate surface area is 107 Å². The van der Waals surface area contributed by atoms with Gasteiger partial charge in [-0.1, -0.05) is 11.2 Å². The van der Waals surface area contributed by atoms with Crippen molar-refractivity contribution in [1.82, 2.24) is 30.0 Å². The van der Waals surface area contributed by atoms with Crippen molar-refractivity contribution in [2.45, 2.75) is 0 Å². The van der Waals surface area contributed by atoms with Gasteiger partial charge in [0, 0.05) is 12.3 Å². The predicted octanol–water partition coefficient (Wildman–Crippen LogP) is 0.499. The minimum absolute atomic E-state index is 0.132. The number of amides is 1. The maximum atomic E-state index is 11.6. The zero-order valence-electron chi connectivity index (χ0n) is 9.69. The second-order valence-corrected chi connectivity index (χ2v) is 3.67. The van der Waals surface area contributed by atoms with Gasteiger partial charge in [-0.15, -0.1) is 5.10 Å². The van der Waals surface area contributed by atoms with Crippen molar-refractivity contribution in [1.29, 1.82) is 0 Å². The number of anilines is 1. The van der Waals surface area contributed by atoms with Crippen molar-refractivity contribution in [3.05, 3.63) is 42.4 Å². The van der Waals surface area contributed by atoms with Crippen LogP contribution in [-0.2, 0) is 4.79 Å². The Balaban J connectivity index is 1.77. The molecule has 3 heterocycles. The Bertz CT molecular complexity index is 728. The molecule has 0 aliphatic rings. The molecule has 0 bridgehead atoms. The fourth-order valence-electron chi connectivity index (χ4n) is 1.60. The standard InChI is InChI=1S/C11H9N7O/c19-10(13-11-14-16-17-15-11)5-4-8-7-12-9-3-1-2-6-18(8)9/h1-7H,(H2,13,14,15,16,17,19)/b5-4+. The molecule has 0 spiro atoms. The van der Waals surface area contributed by atoms with E-state index >= 15 is 0 Å². The van der Waals surface area contributed by atoms with E-state index in [0.717, 1.165) is 11.3 Å². The molecule has 94 valence electrons. The van der Waals surface area contributed by atoms with E-state index in [0.29, 0.717) is 0 Å². The van der Waals surface area contributed by atoms with Gasteiger partial charge >= 0.3 is 0 Å². The van der Waals surface area contributed by atoms with Gasteiger partial charge in [-0.2, -0.15) is 5.21 Å².